The van der Waals surface area contributed by atoms with Crippen molar-refractivity contribution in [3.8, 4) is 0 Å². The Kier molecular flexibility index (Phi) is 7.51. The van der Waals surface area contributed by atoms with Gasteiger partial charge in [-0.3, -0.25) is 9.59 Å². The van der Waals surface area contributed by atoms with Gasteiger partial charge in [0.25, 0.3) is 5.91 Å². The zero-order chi connectivity index (χ0) is 23.5. The van der Waals surface area contributed by atoms with E-state index in [1.54, 1.807) is 55.1 Å². The standard InChI is InChI=1S/C25H31NO5S/c1-17(2)32(29,30)16-21-7-9-22(10-8-21)24(27)13-20-5-11-23(12-6-20)25(28)26-14-18(3)31-19(4)15-26/h5-12,17-19H,13-16H2,1-4H3/t18-,19+. The Bertz CT molecular complexity index is 1050. The highest BCUT2D eigenvalue weighted by atomic mass is 32.2. The van der Waals surface area contributed by atoms with E-state index in [1.165, 1.54) is 0 Å². The molecular formula is C25H31NO5S. The van der Waals surface area contributed by atoms with Gasteiger partial charge in [0.2, 0.25) is 0 Å². The molecule has 1 heterocycles. The van der Waals surface area contributed by atoms with Gasteiger partial charge in [0.05, 0.1) is 23.2 Å². The van der Waals surface area contributed by atoms with Crippen LogP contribution in [0.2, 0.25) is 0 Å². The molecule has 2 aromatic rings. The van der Waals surface area contributed by atoms with Crippen molar-refractivity contribution in [1.82, 2.24) is 4.90 Å². The van der Waals surface area contributed by atoms with Crippen LogP contribution in [0, 0.1) is 0 Å². The molecule has 0 radical (unpaired) electrons. The Morgan fingerprint density at radius 3 is 1.94 bits per heavy atom. The number of carbonyl (C=O) groups is 2. The summed E-state index contributed by atoms with van der Waals surface area (Å²) in [5.74, 6) is -0.120. The minimum Gasteiger partial charge on any atom is -0.372 e. The van der Waals surface area contributed by atoms with Crippen LogP contribution in [0.15, 0.2) is 48.5 Å². The summed E-state index contributed by atoms with van der Waals surface area (Å²) in [6.07, 6.45) is 0.233. The van der Waals surface area contributed by atoms with Crippen molar-refractivity contribution < 1.29 is 22.7 Å². The van der Waals surface area contributed by atoms with Crippen molar-refractivity contribution in [1.29, 1.82) is 0 Å². The molecule has 1 aliphatic heterocycles. The SMILES string of the molecule is CC(C)S(=O)(=O)Cc1ccc(C(=O)Cc2ccc(C(=O)N3C[C@@H](C)O[C@@H](C)C3)cc2)cc1. The molecule has 1 saturated heterocycles. The van der Waals surface area contributed by atoms with Gasteiger partial charge >= 0.3 is 0 Å². The molecule has 0 bridgehead atoms. The summed E-state index contributed by atoms with van der Waals surface area (Å²) in [6.45, 7) is 8.37. The summed E-state index contributed by atoms with van der Waals surface area (Å²) >= 11 is 0. The van der Waals surface area contributed by atoms with Gasteiger partial charge in [-0.2, -0.15) is 0 Å². The van der Waals surface area contributed by atoms with Crippen LogP contribution in [-0.4, -0.2) is 55.6 Å². The first-order chi connectivity index (χ1) is 15.0. The van der Waals surface area contributed by atoms with E-state index >= 15 is 0 Å². The molecule has 7 heteroatoms. The zero-order valence-corrected chi connectivity index (χ0v) is 19.9. The van der Waals surface area contributed by atoms with Crippen LogP contribution in [0.5, 0.6) is 0 Å². The fourth-order valence-corrected chi connectivity index (χ4v) is 4.76. The Labute approximate surface area is 190 Å². The smallest absolute Gasteiger partial charge is 0.254 e. The largest absolute Gasteiger partial charge is 0.372 e. The number of benzene rings is 2. The topological polar surface area (TPSA) is 80.8 Å². The van der Waals surface area contributed by atoms with Crippen molar-refractivity contribution in [2.45, 2.75) is 57.3 Å². The lowest BCUT2D eigenvalue weighted by atomic mass is 10.0. The Balaban J connectivity index is 1.61. The highest BCUT2D eigenvalue weighted by molar-refractivity contribution is 7.91. The molecule has 0 aromatic heterocycles. The molecule has 1 aliphatic rings. The predicted molar refractivity (Wildman–Crippen MR) is 125 cm³/mol. The van der Waals surface area contributed by atoms with Gasteiger partial charge < -0.3 is 9.64 Å². The van der Waals surface area contributed by atoms with E-state index in [-0.39, 0.29) is 36.1 Å². The highest BCUT2D eigenvalue weighted by Crippen LogP contribution is 2.17. The molecule has 0 saturated carbocycles. The second kappa shape index (κ2) is 9.96. The van der Waals surface area contributed by atoms with Crippen molar-refractivity contribution in [2.75, 3.05) is 13.1 Å². The van der Waals surface area contributed by atoms with Gasteiger partial charge in [-0.15, -0.1) is 0 Å². The van der Waals surface area contributed by atoms with E-state index in [0.717, 1.165) is 5.56 Å². The van der Waals surface area contributed by atoms with Crippen LogP contribution in [0.3, 0.4) is 0 Å². The maximum Gasteiger partial charge on any atom is 0.254 e. The average molecular weight is 458 g/mol. The van der Waals surface area contributed by atoms with Crippen LogP contribution in [-0.2, 0) is 26.7 Å². The van der Waals surface area contributed by atoms with Crippen LogP contribution >= 0.6 is 0 Å². The third-order valence-electron chi connectivity index (χ3n) is 5.63. The number of carbonyl (C=O) groups excluding carboxylic acids is 2. The van der Waals surface area contributed by atoms with E-state index in [4.69, 9.17) is 4.74 Å². The van der Waals surface area contributed by atoms with Gasteiger partial charge in [-0.05, 0) is 51.0 Å². The summed E-state index contributed by atoms with van der Waals surface area (Å²) in [6, 6.07) is 13.9. The van der Waals surface area contributed by atoms with Crippen LogP contribution in [0.4, 0.5) is 0 Å². The van der Waals surface area contributed by atoms with E-state index < -0.39 is 15.1 Å². The normalized spacial score (nSPS) is 19.2. The lowest BCUT2D eigenvalue weighted by Crippen LogP contribution is -2.48. The number of rotatable bonds is 7. The Hall–Kier alpha value is -2.51. The molecule has 0 aliphatic carbocycles. The molecule has 2 aromatic carbocycles. The quantitative estimate of drug-likeness (QED) is 0.593. The number of amides is 1. The van der Waals surface area contributed by atoms with Gasteiger partial charge in [0.15, 0.2) is 15.6 Å². The Morgan fingerprint density at radius 1 is 0.906 bits per heavy atom. The summed E-state index contributed by atoms with van der Waals surface area (Å²) < 4.78 is 29.8. The van der Waals surface area contributed by atoms with E-state index in [0.29, 0.717) is 29.8 Å². The number of sulfone groups is 1. The van der Waals surface area contributed by atoms with Crippen molar-refractivity contribution >= 4 is 21.5 Å². The minimum atomic E-state index is -3.18. The first-order valence-corrected chi connectivity index (χ1v) is 12.6. The van der Waals surface area contributed by atoms with Crippen LogP contribution in [0.1, 0.15) is 59.5 Å². The van der Waals surface area contributed by atoms with Gasteiger partial charge in [-0.1, -0.05) is 36.4 Å². The fourth-order valence-electron chi connectivity index (χ4n) is 3.76. The average Bonchev–Trinajstić information content (AvgIpc) is 2.73. The van der Waals surface area contributed by atoms with Crippen molar-refractivity contribution in [3.63, 3.8) is 0 Å². The number of hydrogen-bond donors (Lipinski definition) is 0. The van der Waals surface area contributed by atoms with E-state index in [2.05, 4.69) is 0 Å². The van der Waals surface area contributed by atoms with Crippen molar-refractivity contribution in [3.05, 3.63) is 70.8 Å². The van der Waals surface area contributed by atoms with Crippen molar-refractivity contribution in [2.24, 2.45) is 0 Å². The fraction of sp³-hybridized carbons (Fsp3) is 0.440. The lowest BCUT2D eigenvalue weighted by Gasteiger charge is -2.35. The summed E-state index contributed by atoms with van der Waals surface area (Å²) in [5, 5.41) is -0.436. The number of hydrogen-bond acceptors (Lipinski definition) is 5. The molecule has 32 heavy (non-hydrogen) atoms. The first-order valence-electron chi connectivity index (χ1n) is 10.9. The molecule has 0 N–H and O–H groups in total. The summed E-state index contributed by atoms with van der Waals surface area (Å²) in [7, 11) is -3.18. The number of nitrogens with zero attached hydrogens (tertiary/aromatic N) is 1. The summed E-state index contributed by atoms with van der Waals surface area (Å²) in [4.78, 5) is 27.2. The zero-order valence-electron chi connectivity index (χ0n) is 19.1. The molecule has 0 spiro atoms. The Morgan fingerprint density at radius 2 is 1.41 bits per heavy atom. The van der Waals surface area contributed by atoms with Gasteiger partial charge in [-0.25, -0.2) is 8.42 Å². The molecule has 6 nitrogen and oxygen atoms in total. The molecule has 2 atom stereocenters. The maximum atomic E-state index is 12.8. The number of Topliss-reactive ketones (excluding diaryl/α,β-unsaturated/α-hetero) is 1. The molecule has 0 unspecified atom stereocenters. The maximum absolute atomic E-state index is 12.8. The molecule has 1 amide bonds. The van der Waals surface area contributed by atoms with E-state index in [9.17, 15) is 18.0 Å². The second-order valence-electron chi connectivity index (χ2n) is 8.82. The monoisotopic (exact) mass is 457 g/mol. The van der Waals surface area contributed by atoms with Crippen LogP contribution < -0.4 is 0 Å². The first kappa shape index (κ1) is 24.1. The molecular weight excluding hydrogens is 426 g/mol. The predicted octanol–water partition coefficient (Wildman–Crippen LogP) is 3.68. The van der Waals surface area contributed by atoms with E-state index in [1.807, 2.05) is 26.0 Å². The molecule has 1 fully saturated rings. The second-order valence-corrected chi connectivity index (χ2v) is 11.4. The van der Waals surface area contributed by atoms with Crippen LogP contribution in [0.25, 0.3) is 0 Å². The summed E-state index contributed by atoms with van der Waals surface area (Å²) in [5.41, 5.74) is 2.62. The number of ketones is 1. The molecule has 172 valence electrons. The third kappa shape index (κ3) is 6.04. The third-order valence-corrected chi connectivity index (χ3v) is 7.81. The minimum absolute atomic E-state index is 0.0106. The highest BCUT2D eigenvalue weighted by Gasteiger charge is 2.26. The number of ether oxygens (including phenoxy) is 1. The van der Waals surface area contributed by atoms with Gasteiger partial charge in [0, 0.05) is 30.6 Å². The lowest BCUT2D eigenvalue weighted by molar-refractivity contribution is -0.0586. The number of morpholine rings is 1. The molecule has 3 rings (SSSR count). The van der Waals surface area contributed by atoms with Gasteiger partial charge in [0.1, 0.15) is 0 Å².